The number of ether oxygens (including phenoxy) is 3. The fourth-order valence-electron chi connectivity index (χ4n) is 2.88. The van der Waals surface area contributed by atoms with E-state index < -0.39 is 22.5 Å². The molecule has 0 fully saturated rings. The van der Waals surface area contributed by atoms with Gasteiger partial charge in [0, 0.05) is 12.1 Å². The van der Waals surface area contributed by atoms with Crippen molar-refractivity contribution < 1.29 is 36.2 Å². The van der Waals surface area contributed by atoms with E-state index >= 15 is 0 Å². The van der Waals surface area contributed by atoms with Crippen LogP contribution in [-0.4, -0.2) is 35.2 Å². The van der Waals surface area contributed by atoms with Gasteiger partial charge in [-0.05, 0) is 36.4 Å². The van der Waals surface area contributed by atoms with Gasteiger partial charge in [-0.2, -0.15) is 8.78 Å². The van der Waals surface area contributed by atoms with Crippen LogP contribution in [0.2, 0.25) is 0 Å². The molecule has 8 nitrogen and oxygen atoms in total. The molecule has 0 aliphatic carbocycles. The highest BCUT2D eigenvalue weighted by Gasteiger charge is 2.20. The van der Waals surface area contributed by atoms with Gasteiger partial charge < -0.3 is 19.5 Å². The van der Waals surface area contributed by atoms with Crippen molar-refractivity contribution in [2.45, 2.75) is 11.5 Å². The van der Waals surface area contributed by atoms with Crippen molar-refractivity contribution in [3.8, 4) is 17.2 Å². The lowest BCUT2D eigenvalue weighted by Gasteiger charge is -2.15. The molecule has 0 bridgehead atoms. The molecule has 0 unspecified atom stereocenters. The Kier molecular flexibility index (Phi) is 7.34. The van der Waals surface area contributed by atoms with Gasteiger partial charge in [-0.1, -0.05) is 18.2 Å². The highest BCUT2D eigenvalue weighted by molar-refractivity contribution is 7.92. The largest absolute Gasteiger partial charge is 0.497 e. The quantitative estimate of drug-likeness (QED) is 0.474. The lowest BCUT2D eigenvalue weighted by atomic mass is 10.1. The summed E-state index contributed by atoms with van der Waals surface area (Å²) in [5, 5.41) is 2.67. The number of hydrogen-bond acceptors (Lipinski definition) is 6. The molecular formula is C22H20F2N2O6S. The van der Waals surface area contributed by atoms with E-state index in [-0.39, 0.29) is 21.9 Å². The minimum atomic E-state index is -4.22. The Balaban J connectivity index is 1.87. The van der Waals surface area contributed by atoms with Crippen molar-refractivity contribution in [3.05, 3.63) is 72.3 Å². The second kappa shape index (κ2) is 10.2. The lowest BCUT2D eigenvalue weighted by Crippen LogP contribution is -2.19. The van der Waals surface area contributed by atoms with Crippen molar-refractivity contribution in [1.29, 1.82) is 0 Å². The van der Waals surface area contributed by atoms with Crippen LogP contribution in [0.5, 0.6) is 17.2 Å². The van der Waals surface area contributed by atoms with Gasteiger partial charge in [0.05, 0.1) is 36.1 Å². The van der Waals surface area contributed by atoms with Crippen LogP contribution in [0.1, 0.15) is 10.4 Å². The number of halogens is 2. The molecule has 0 aromatic heterocycles. The smallest absolute Gasteiger partial charge is 0.387 e. The molecule has 3 aromatic rings. The molecule has 174 valence electrons. The molecule has 33 heavy (non-hydrogen) atoms. The Morgan fingerprint density at radius 3 is 2.33 bits per heavy atom. The van der Waals surface area contributed by atoms with Crippen LogP contribution < -0.4 is 24.2 Å². The number of carbonyl (C=O) groups excluding carboxylic acids is 1. The third-order valence-corrected chi connectivity index (χ3v) is 5.78. The fourth-order valence-corrected chi connectivity index (χ4v) is 4.00. The molecule has 3 aromatic carbocycles. The topological polar surface area (TPSA) is 103 Å². The number of amides is 1. The van der Waals surface area contributed by atoms with Crippen molar-refractivity contribution in [3.63, 3.8) is 0 Å². The Labute approximate surface area is 189 Å². The number of nitrogens with one attached hydrogen (secondary N) is 2. The summed E-state index contributed by atoms with van der Waals surface area (Å²) in [6.07, 6.45) is 0. The van der Waals surface area contributed by atoms with Gasteiger partial charge in [0.1, 0.15) is 17.2 Å². The van der Waals surface area contributed by atoms with Crippen LogP contribution in [-0.2, 0) is 10.0 Å². The van der Waals surface area contributed by atoms with Crippen LogP contribution in [0, 0.1) is 0 Å². The number of benzene rings is 3. The maximum absolute atomic E-state index is 12.9. The number of methoxy groups -OCH3 is 2. The molecule has 11 heteroatoms. The summed E-state index contributed by atoms with van der Waals surface area (Å²) >= 11 is 0. The Hall–Kier alpha value is -3.86. The SMILES string of the molecule is COc1ccc(NC(=O)c2ccccc2NS(=O)(=O)c2cccc(OC(F)F)c2)c(OC)c1. The van der Waals surface area contributed by atoms with Crippen LogP contribution in [0.25, 0.3) is 0 Å². The molecule has 0 radical (unpaired) electrons. The fraction of sp³-hybridized carbons (Fsp3) is 0.136. The molecule has 0 saturated carbocycles. The van der Waals surface area contributed by atoms with Crippen molar-refractivity contribution in [1.82, 2.24) is 0 Å². The highest BCUT2D eigenvalue weighted by Crippen LogP contribution is 2.30. The number of carbonyl (C=O) groups is 1. The number of sulfonamides is 1. The van der Waals surface area contributed by atoms with Gasteiger partial charge >= 0.3 is 6.61 Å². The molecule has 0 aliphatic heterocycles. The summed E-state index contributed by atoms with van der Waals surface area (Å²) in [7, 11) is -1.30. The monoisotopic (exact) mass is 478 g/mol. The maximum atomic E-state index is 12.9. The van der Waals surface area contributed by atoms with E-state index in [4.69, 9.17) is 9.47 Å². The first-order valence-corrected chi connectivity index (χ1v) is 10.9. The van der Waals surface area contributed by atoms with Gasteiger partial charge in [-0.15, -0.1) is 0 Å². The second-order valence-corrected chi connectivity index (χ2v) is 8.21. The molecule has 3 rings (SSSR count). The molecule has 0 atom stereocenters. The van der Waals surface area contributed by atoms with E-state index in [1.54, 1.807) is 30.3 Å². The second-order valence-electron chi connectivity index (χ2n) is 6.52. The number of anilines is 2. The van der Waals surface area contributed by atoms with E-state index in [9.17, 15) is 22.0 Å². The van der Waals surface area contributed by atoms with Crippen molar-refractivity contribution >= 4 is 27.3 Å². The van der Waals surface area contributed by atoms with Gasteiger partial charge in [0.15, 0.2) is 0 Å². The van der Waals surface area contributed by atoms with Crippen molar-refractivity contribution in [2.75, 3.05) is 24.3 Å². The van der Waals surface area contributed by atoms with E-state index in [0.717, 1.165) is 6.07 Å². The number of alkyl halides is 2. The molecule has 0 heterocycles. The summed E-state index contributed by atoms with van der Waals surface area (Å²) in [4.78, 5) is 12.6. The van der Waals surface area contributed by atoms with Crippen LogP contribution >= 0.6 is 0 Å². The van der Waals surface area contributed by atoms with E-state index in [1.807, 2.05) is 0 Å². The Morgan fingerprint density at radius 2 is 1.64 bits per heavy atom. The molecule has 0 saturated heterocycles. The van der Waals surface area contributed by atoms with Crippen molar-refractivity contribution in [2.24, 2.45) is 0 Å². The average molecular weight is 478 g/mol. The average Bonchev–Trinajstić information content (AvgIpc) is 2.79. The summed E-state index contributed by atoms with van der Waals surface area (Å²) < 4.78 is 67.5. The number of rotatable bonds is 9. The molecular weight excluding hydrogens is 458 g/mol. The molecule has 0 spiro atoms. The Morgan fingerprint density at radius 1 is 0.879 bits per heavy atom. The Bertz CT molecular complexity index is 1250. The number of para-hydroxylation sites is 1. The predicted octanol–water partition coefficient (Wildman–Crippen LogP) is 4.36. The van der Waals surface area contributed by atoms with Crippen LogP contribution in [0.3, 0.4) is 0 Å². The van der Waals surface area contributed by atoms with Crippen LogP contribution in [0.15, 0.2) is 71.6 Å². The normalized spacial score (nSPS) is 11.1. The summed E-state index contributed by atoms with van der Waals surface area (Å²) in [6, 6.07) is 15.4. The minimum absolute atomic E-state index is 0.0114. The molecule has 0 aliphatic rings. The highest BCUT2D eigenvalue weighted by atomic mass is 32.2. The third-order valence-electron chi connectivity index (χ3n) is 4.41. The number of hydrogen-bond donors (Lipinski definition) is 2. The maximum Gasteiger partial charge on any atom is 0.387 e. The van der Waals surface area contributed by atoms with Crippen LogP contribution in [0.4, 0.5) is 20.2 Å². The minimum Gasteiger partial charge on any atom is -0.497 e. The van der Waals surface area contributed by atoms with E-state index in [0.29, 0.717) is 17.2 Å². The molecule has 2 N–H and O–H groups in total. The molecule has 1 amide bonds. The van der Waals surface area contributed by atoms with Gasteiger partial charge in [-0.25, -0.2) is 8.42 Å². The third kappa shape index (κ3) is 5.89. The zero-order valence-electron chi connectivity index (χ0n) is 17.5. The zero-order valence-corrected chi connectivity index (χ0v) is 18.4. The first kappa shape index (κ1) is 23.8. The summed E-state index contributed by atoms with van der Waals surface area (Å²) in [5.74, 6) is -0.0512. The first-order chi connectivity index (χ1) is 15.7. The standard InChI is InChI=1S/C22H20F2N2O6S/c1-30-14-10-11-19(20(13-14)31-2)25-21(27)17-8-3-4-9-18(17)26-33(28,29)16-7-5-6-15(12-16)32-22(23)24/h3-13,22,26H,1-2H3,(H,25,27). The van der Waals surface area contributed by atoms with E-state index in [2.05, 4.69) is 14.8 Å². The van der Waals surface area contributed by atoms with Gasteiger partial charge in [-0.3, -0.25) is 9.52 Å². The predicted molar refractivity (Wildman–Crippen MR) is 118 cm³/mol. The first-order valence-electron chi connectivity index (χ1n) is 9.43. The lowest BCUT2D eigenvalue weighted by molar-refractivity contribution is -0.0500. The van der Waals surface area contributed by atoms with E-state index in [1.165, 1.54) is 44.6 Å². The van der Waals surface area contributed by atoms with Gasteiger partial charge in [0.25, 0.3) is 15.9 Å². The zero-order chi connectivity index (χ0) is 24.0. The van der Waals surface area contributed by atoms with Gasteiger partial charge in [0.2, 0.25) is 0 Å². The summed E-state index contributed by atoms with van der Waals surface area (Å²) in [5.41, 5.74) is 0.361. The summed E-state index contributed by atoms with van der Waals surface area (Å²) in [6.45, 7) is -3.10.